The third-order valence-corrected chi connectivity index (χ3v) is 6.08. The van der Waals surface area contributed by atoms with E-state index in [4.69, 9.17) is 5.26 Å². The van der Waals surface area contributed by atoms with Gasteiger partial charge < -0.3 is 0 Å². The minimum Gasteiger partial charge on any atom is -0.212 e. The minimum absolute atomic E-state index is 0.00566. The molecule has 0 N–H and O–H groups in total. The van der Waals surface area contributed by atoms with Crippen molar-refractivity contribution in [3.05, 3.63) is 35.4 Å². The Morgan fingerprint density at radius 2 is 1.71 bits per heavy atom. The van der Waals surface area contributed by atoms with Crippen molar-refractivity contribution in [2.75, 3.05) is 7.05 Å². The smallest absolute Gasteiger partial charge is 0.212 e. The summed E-state index contributed by atoms with van der Waals surface area (Å²) in [6, 6.07) is 8.94. The Kier molecular flexibility index (Phi) is 5.38. The van der Waals surface area contributed by atoms with Crippen LogP contribution in [0.15, 0.2) is 24.3 Å². The van der Waals surface area contributed by atoms with E-state index < -0.39 is 10.0 Å². The second kappa shape index (κ2) is 7.06. The summed E-state index contributed by atoms with van der Waals surface area (Å²) in [6.45, 7) is 0. The topological polar surface area (TPSA) is 61.2 Å². The molecule has 0 heterocycles. The van der Waals surface area contributed by atoms with Crippen LogP contribution in [0.1, 0.15) is 49.7 Å². The largest absolute Gasteiger partial charge is 0.218 e. The predicted octanol–water partition coefficient (Wildman–Crippen LogP) is 3.04. The van der Waals surface area contributed by atoms with E-state index in [1.807, 2.05) is 6.07 Å². The Morgan fingerprint density at radius 3 is 2.24 bits per heavy atom. The summed E-state index contributed by atoms with van der Waals surface area (Å²) >= 11 is 0. The van der Waals surface area contributed by atoms with Crippen LogP contribution in [0.5, 0.6) is 0 Å². The molecule has 0 spiro atoms. The molecule has 1 aliphatic carbocycles. The van der Waals surface area contributed by atoms with Gasteiger partial charge in [-0.25, -0.2) is 12.7 Å². The van der Waals surface area contributed by atoms with Crippen LogP contribution in [0, 0.1) is 11.3 Å². The zero-order valence-corrected chi connectivity index (χ0v) is 13.3. The van der Waals surface area contributed by atoms with Crippen molar-refractivity contribution in [2.45, 2.75) is 50.3 Å². The van der Waals surface area contributed by atoms with Crippen molar-refractivity contribution >= 4 is 10.0 Å². The van der Waals surface area contributed by atoms with E-state index in [9.17, 15) is 8.42 Å². The Balaban J connectivity index is 2.07. The first kappa shape index (κ1) is 16.0. The normalized spacial score (nSPS) is 17.4. The second-order valence-corrected chi connectivity index (χ2v) is 7.76. The van der Waals surface area contributed by atoms with Crippen LogP contribution in [0.3, 0.4) is 0 Å². The highest BCUT2D eigenvalue weighted by atomic mass is 32.2. The van der Waals surface area contributed by atoms with Crippen LogP contribution < -0.4 is 0 Å². The number of nitrogens with zero attached hydrogens (tertiary/aromatic N) is 2. The number of rotatable bonds is 4. The van der Waals surface area contributed by atoms with Gasteiger partial charge in [-0.1, -0.05) is 37.8 Å². The summed E-state index contributed by atoms with van der Waals surface area (Å²) in [5, 5.41) is 8.77. The lowest BCUT2D eigenvalue weighted by Crippen LogP contribution is -2.37. The highest BCUT2D eigenvalue weighted by molar-refractivity contribution is 7.88. The van der Waals surface area contributed by atoms with Gasteiger partial charge >= 0.3 is 0 Å². The highest BCUT2D eigenvalue weighted by Crippen LogP contribution is 2.24. The van der Waals surface area contributed by atoms with Gasteiger partial charge in [0.1, 0.15) is 0 Å². The van der Waals surface area contributed by atoms with E-state index in [1.165, 1.54) is 12.8 Å². The average Bonchev–Trinajstić information content (AvgIpc) is 2.76. The molecule has 0 amide bonds. The first-order chi connectivity index (χ1) is 10.0. The van der Waals surface area contributed by atoms with Crippen LogP contribution in [0.2, 0.25) is 0 Å². The van der Waals surface area contributed by atoms with E-state index in [0.717, 1.165) is 31.2 Å². The van der Waals surface area contributed by atoms with Crippen molar-refractivity contribution in [3.63, 3.8) is 0 Å². The lowest BCUT2D eigenvalue weighted by molar-refractivity contribution is 0.335. The predicted molar refractivity (Wildman–Crippen MR) is 83.0 cm³/mol. The SMILES string of the molecule is CN(C1CCCCCC1)S(=O)(=O)Cc1ccc(C#N)cc1. The maximum atomic E-state index is 12.5. The molecule has 21 heavy (non-hydrogen) atoms. The van der Waals surface area contributed by atoms with Crippen molar-refractivity contribution < 1.29 is 8.42 Å². The molecule has 5 heteroatoms. The third kappa shape index (κ3) is 4.29. The van der Waals surface area contributed by atoms with Crippen molar-refractivity contribution in [1.29, 1.82) is 5.26 Å². The molecule has 0 radical (unpaired) electrons. The quantitative estimate of drug-likeness (QED) is 0.803. The summed E-state index contributed by atoms with van der Waals surface area (Å²) < 4.78 is 26.6. The zero-order chi connectivity index (χ0) is 15.3. The van der Waals surface area contributed by atoms with Gasteiger partial charge in [-0.3, -0.25) is 0 Å². The molecule has 1 aliphatic rings. The molecule has 4 nitrogen and oxygen atoms in total. The Bertz CT molecular complexity index is 594. The van der Waals surface area contributed by atoms with Crippen LogP contribution in [-0.4, -0.2) is 25.8 Å². The Morgan fingerprint density at radius 1 is 1.14 bits per heavy atom. The fraction of sp³-hybridized carbons (Fsp3) is 0.562. The van der Waals surface area contributed by atoms with Crippen LogP contribution in [0.25, 0.3) is 0 Å². The molecule has 1 saturated carbocycles. The molecule has 1 aromatic carbocycles. The summed E-state index contributed by atoms with van der Waals surface area (Å²) in [5.41, 5.74) is 1.28. The van der Waals surface area contributed by atoms with Crippen LogP contribution in [-0.2, 0) is 15.8 Å². The molecule has 0 unspecified atom stereocenters. The molecule has 0 atom stereocenters. The fourth-order valence-corrected chi connectivity index (χ4v) is 4.32. The number of nitriles is 1. The summed E-state index contributed by atoms with van der Waals surface area (Å²) in [5.74, 6) is 0.00566. The molecule has 1 fully saturated rings. The second-order valence-electron chi connectivity index (χ2n) is 5.73. The van der Waals surface area contributed by atoms with E-state index >= 15 is 0 Å². The van der Waals surface area contributed by atoms with E-state index in [1.54, 1.807) is 35.6 Å². The van der Waals surface area contributed by atoms with Gasteiger partial charge in [-0.05, 0) is 30.5 Å². The molecule has 2 rings (SSSR count). The molecule has 0 bridgehead atoms. The van der Waals surface area contributed by atoms with Crippen molar-refractivity contribution in [1.82, 2.24) is 4.31 Å². The van der Waals surface area contributed by atoms with Gasteiger partial charge in [0.2, 0.25) is 10.0 Å². The summed E-state index contributed by atoms with van der Waals surface area (Å²) in [6.07, 6.45) is 6.56. The van der Waals surface area contributed by atoms with Gasteiger partial charge in [-0.15, -0.1) is 0 Å². The van der Waals surface area contributed by atoms with Gasteiger partial charge in [0.05, 0.1) is 17.4 Å². The van der Waals surface area contributed by atoms with Crippen molar-refractivity contribution in [3.8, 4) is 6.07 Å². The Hall–Kier alpha value is -1.38. The average molecular weight is 306 g/mol. The van der Waals surface area contributed by atoms with Gasteiger partial charge in [0, 0.05) is 13.1 Å². The number of hydrogen-bond acceptors (Lipinski definition) is 3. The van der Waals surface area contributed by atoms with E-state index in [2.05, 4.69) is 0 Å². The highest BCUT2D eigenvalue weighted by Gasteiger charge is 2.26. The van der Waals surface area contributed by atoms with Gasteiger partial charge in [-0.2, -0.15) is 5.26 Å². The number of benzene rings is 1. The first-order valence-corrected chi connectivity index (χ1v) is 9.08. The first-order valence-electron chi connectivity index (χ1n) is 7.48. The van der Waals surface area contributed by atoms with Gasteiger partial charge in [0.25, 0.3) is 0 Å². The third-order valence-electron chi connectivity index (χ3n) is 4.21. The number of hydrogen-bond donors (Lipinski definition) is 0. The fourth-order valence-electron chi connectivity index (χ4n) is 2.84. The molecule has 114 valence electrons. The minimum atomic E-state index is -3.30. The zero-order valence-electron chi connectivity index (χ0n) is 12.5. The van der Waals surface area contributed by atoms with Gasteiger partial charge in [0.15, 0.2) is 0 Å². The molecular formula is C16H22N2O2S. The molecular weight excluding hydrogens is 284 g/mol. The maximum Gasteiger partial charge on any atom is 0.218 e. The Labute approximate surface area is 127 Å². The summed E-state index contributed by atoms with van der Waals surface area (Å²) in [7, 11) is -1.59. The molecule has 0 aliphatic heterocycles. The van der Waals surface area contributed by atoms with E-state index in [0.29, 0.717) is 5.56 Å². The molecule has 1 aromatic rings. The van der Waals surface area contributed by atoms with Crippen molar-refractivity contribution in [2.24, 2.45) is 0 Å². The monoisotopic (exact) mass is 306 g/mol. The summed E-state index contributed by atoms with van der Waals surface area (Å²) in [4.78, 5) is 0. The lowest BCUT2D eigenvalue weighted by Gasteiger charge is -2.26. The molecule has 0 saturated heterocycles. The molecule has 0 aromatic heterocycles. The number of sulfonamides is 1. The maximum absolute atomic E-state index is 12.5. The lowest BCUT2D eigenvalue weighted by atomic mass is 10.1. The van der Waals surface area contributed by atoms with E-state index in [-0.39, 0.29) is 11.8 Å². The van der Waals surface area contributed by atoms with Crippen LogP contribution in [0.4, 0.5) is 0 Å². The standard InChI is InChI=1S/C16H22N2O2S/c1-18(16-6-4-2-3-5-7-16)21(19,20)13-15-10-8-14(12-17)9-11-15/h8-11,16H,2-7,13H2,1H3. The van der Waals surface area contributed by atoms with Crippen LogP contribution >= 0.6 is 0 Å².